The number of carbonyl (C=O) groups is 3. The number of carboxylic acid groups (broad SMARTS) is 1. The summed E-state index contributed by atoms with van der Waals surface area (Å²) in [6, 6.07) is -0.464. The van der Waals surface area contributed by atoms with Crippen LogP contribution in [0.25, 0.3) is 0 Å². The Kier molecular flexibility index (Phi) is 2.80. The highest BCUT2D eigenvalue weighted by molar-refractivity contribution is 5.92. The van der Waals surface area contributed by atoms with Gasteiger partial charge in [0.1, 0.15) is 12.6 Å². The quantitative estimate of drug-likeness (QED) is 0.666. The molecule has 0 aromatic rings. The van der Waals surface area contributed by atoms with E-state index in [2.05, 4.69) is 5.32 Å². The minimum absolute atomic E-state index is 0.0566. The standard InChI is InChI=1S/C10H14N2O4/c13-8-4-3-7(11-8)10(16)12(5-9(14)15)6-1-2-6/h6-7H,1-5H2,(H,11,13)(H,14,15)/t7-/m1/s1. The molecule has 88 valence electrons. The second-order valence-electron chi connectivity index (χ2n) is 4.25. The normalized spacial score (nSPS) is 24.0. The minimum Gasteiger partial charge on any atom is -0.480 e. The Morgan fingerprint density at radius 1 is 1.38 bits per heavy atom. The zero-order valence-electron chi connectivity index (χ0n) is 8.81. The molecule has 0 unspecified atom stereocenters. The molecular formula is C10H14N2O4. The largest absolute Gasteiger partial charge is 0.480 e. The number of carbonyl (C=O) groups excluding carboxylic acids is 2. The molecule has 6 nitrogen and oxygen atoms in total. The summed E-state index contributed by atoms with van der Waals surface area (Å²) in [5.41, 5.74) is 0. The topological polar surface area (TPSA) is 86.7 Å². The van der Waals surface area contributed by atoms with Gasteiger partial charge in [-0.2, -0.15) is 0 Å². The summed E-state index contributed by atoms with van der Waals surface area (Å²) in [7, 11) is 0. The molecule has 2 aliphatic rings. The van der Waals surface area contributed by atoms with Crippen molar-refractivity contribution in [1.82, 2.24) is 10.2 Å². The van der Waals surface area contributed by atoms with Gasteiger partial charge in [0.25, 0.3) is 0 Å². The predicted molar refractivity (Wildman–Crippen MR) is 53.5 cm³/mol. The maximum atomic E-state index is 12.0. The first kappa shape index (κ1) is 10.9. The fourth-order valence-electron chi connectivity index (χ4n) is 1.92. The van der Waals surface area contributed by atoms with Crippen molar-refractivity contribution in [2.75, 3.05) is 6.54 Å². The predicted octanol–water partition coefficient (Wildman–Crippen LogP) is -0.659. The van der Waals surface area contributed by atoms with Crippen molar-refractivity contribution in [3.63, 3.8) is 0 Å². The molecule has 0 aromatic carbocycles. The lowest BCUT2D eigenvalue weighted by Crippen LogP contribution is -2.47. The van der Waals surface area contributed by atoms with Crippen LogP contribution < -0.4 is 5.32 Å². The number of nitrogens with zero attached hydrogens (tertiary/aromatic N) is 1. The van der Waals surface area contributed by atoms with Crippen molar-refractivity contribution >= 4 is 17.8 Å². The summed E-state index contributed by atoms with van der Waals surface area (Å²) in [4.78, 5) is 35.0. The second kappa shape index (κ2) is 4.11. The number of hydrogen-bond acceptors (Lipinski definition) is 3. The summed E-state index contributed by atoms with van der Waals surface area (Å²) in [6.07, 6.45) is 2.54. The van der Waals surface area contributed by atoms with E-state index in [1.54, 1.807) is 0 Å². The summed E-state index contributed by atoms with van der Waals surface area (Å²) in [5.74, 6) is -1.40. The highest BCUT2D eigenvalue weighted by Gasteiger charge is 2.38. The minimum atomic E-state index is -1.01. The van der Waals surface area contributed by atoms with Crippen LogP contribution in [0.1, 0.15) is 25.7 Å². The van der Waals surface area contributed by atoms with Crippen LogP contribution >= 0.6 is 0 Å². The van der Waals surface area contributed by atoms with Gasteiger partial charge in [0, 0.05) is 12.5 Å². The van der Waals surface area contributed by atoms with Crippen molar-refractivity contribution in [2.24, 2.45) is 0 Å². The fraction of sp³-hybridized carbons (Fsp3) is 0.700. The van der Waals surface area contributed by atoms with Crippen molar-refractivity contribution in [3.05, 3.63) is 0 Å². The number of nitrogens with one attached hydrogen (secondary N) is 1. The zero-order chi connectivity index (χ0) is 11.7. The lowest BCUT2D eigenvalue weighted by molar-refractivity contribution is -0.145. The van der Waals surface area contributed by atoms with E-state index in [1.807, 2.05) is 0 Å². The van der Waals surface area contributed by atoms with Crippen LogP contribution in [0.5, 0.6) is 0 Å². The van der Waals surface area contributed by atoms with E-state index in [9.17, 15) is 14.4 Å². The fourth-order valence-corrected chi connectivity index (χ4v) is 1.92. The summed E-state index contributed by atoms with van der Waals surface area (Å²) >= 11 is 0. The van der Waals surface area contributed by atoms with Crippen molar-refractivity contribution in [2.45, 2.75) is 37.8 Å². The molecular weight excluding hydrogens is 212 g/mol. The zero-order valence-corrected chi connectivity index (χ0v) is 8.81. The maximum absolute atomic E-state index is 12.0. The Hall–Kier alpha value is -1.59. The van der Waals surface area contributed by atoms with Gasteiger partial charge in [0.15, 0.2) is 0 Å². The van der Waals surface area contributed by atoms with E-state index in [0.29, 0.717) is 12.8 Å². The maximum Gasteiger partial charge on any atom is 0.323 e. The lowest BCUT2D eigenvalue weighted by Gasteiger charge is -2.23. The highest BCUT2D eigenvalue weighted by Crippen LogP contribution is 2.28. The third-order valence-corrected chi connectivity index (χ3v) is 2.87. The van der Waals surface area contributed by atoms with Gasteiger partial charge in [-0.3, -0.25) is 14.4 Å². The SMILES string of the molecule is O=C(O)CN(C(=O)[C@H]1CCC(=O)N1)C1CC1. The molecule has 2 rings (SSSR count). The van der Waals surface area contributed by atoms with E-state index in [-0.39, 0.29) is 24.4 Å². The molecule has 1 saturated carbocycles. The first-order valence-corrected chi connectivity index (χ1v) is 5.39. The van der Waals surface area contributed by atoms with Crippen LogP contribution in [0.4, 0.5) is 0 Å². The Balaban J connectivity index is 1.99. The molecule has 6 heteroatoms. The van der Waals surface area contributed by atoms with E-state index in [0.717, 1.165) is 12.8 Å². The smallest absolute Gasteiger partial charge is 0.323 e. The molecule has 16 heavy (non-hydrogen) atoms. The van der Waals surface area contributed by atoms with Gasteiger partial charge in [-0.15, -0.1) is 0 Å². The average Bonchev–Trinajstić information content (AvgIpc) is 2.96. The van der Waals surface area contributed by atoms with Crippen LogP contribution in [0.15, 0.2) is 0 Å². The van der Waals surface area contributed by atoms with Crippen LogP contribution in [0.2, 0.25) is 0 Å². The molecule has 0 bridgehead atoms. The molecule has 2 fully saturated rings. The van der Waals surface area contributed by atoms with E-state index >= 15 is 0 Å². The summed E-state index contributed by atoms with van der Waals surface area (Å²) in [5, 5.41) is 11.3. The first-order valence-electron chi connectivity index (χ1n) is 5.39. The molecule has 2 N–H and O–H groups in total. The third kappa shape index (κ3) is 2.32. The Morgan fingerprint density at radius 3 is 2.50 bits per heavy atom. The Morgan fingerprint density at radius 2 is 2.06 bits per heavy atom. The number of hydrogen-bond donors (Lipinski definition) is 2. The molecule has 1 heterocycles. The van der Waals surface area contributed by atoms with Crippen molar-refractivity contribution < 1.29 is 19.5 Å². The second-order valence-corrected chi connectivity index (χ2v) is 4.25. The van der Waals surface area contributed by atoms with Crippen LogP contribution in [-0.4, -0.2) is 46.4 Å². The summed E-state index contributed by atoms with van der Waals surface area (Å²) < 4.78 is 0. The molecule has 2 amide bonds. The highest BCUT2D eigenvalue weighted by atomic mass is 16.4. The number of carboxylic acids is 1. The van der Waals surface area contributed by atoms with E-state index < -0.39 is 12.0 Å². The Bertz CT molecular complexity index is 338. The third-order valence-electron chi connectivity index (χ3n) is 2.87. The molecule has 1 aliphatic heterocycles. The molecule has 1 aliphatic carbocycles. The number of aliphatic carboxylic acids is 1. The lowest BCUT2D eigenvalue weighted by atomic mass is 10.2. The summed E-state index contributed by atoms with van der Waals surface area (Å²) in [6.45, 7) is -0.268. The van der Waals surface area contributed by atoms with Gasteiger partial charge < -0.3 is 15.3 Å². The van der Waals surface area contributed by atoms with Gasteiger partial charge in [0.05, 0.1) is 0 Å². The molecule has 0 radical (unpaired) electrons. The molecule has 0 spiro atoms. The monoisotopic (exact) mass is 226 g/mol. The number of amides is 2. The van der Waals surface area contributed by atoms with Gasteiger partial charge in [-0.05, 0) is 19.3 Å². The van der Waals surface area contributed by atoms with Crippen LogP contribution in [0, 0.1) is 0 Å². The van der Waals surface area contributed by atoms with E-state index in [1.165, 1.54) is 4.90 Å². The first-order chi connectivity index (χ1) is 7.58. The van der Waals surface area contributed by atoms with Crippen LogP contribution in [0.3, 0.4) is 0 Å². The Labute approximate surface area is 92.6 Å². The molecule has 1 saturated heterocycles. The van der Waals surface area contributed by atoms with Gasteiger partial charge >= 0.3 is 5.97 Å². The van der Waals surface area contributed by atoms with Crippen molar-refractivity contribution in [3.8, 4) is 0 Å². The van der Waals surface area contributed by atoms with Gasteiger partial charge in [-0.1, -0.05) is 0 Å². The average molecular weight is 226 g/mol. The molecule has 1 atom stereocenters. The molecule has 0 aromatic heterocycles. The van der Waals surface area contributed by atoms with Gasteiger partial charge in [0.2, 0.25) is 11.8 Å². The van der Waals surface area contributed by atoms with Crippen molar-refractivity contribution in [1.29, 1.82) is 0 Å². The van der Waals surface area contributed by atoms with Gasteiger partial charge in [-0.25, -0.2) is 0 Å². The van der Waals surface area contributed by atoms with Crippen LogP contribution in [-0.2, 0) is 14.4 Å². The number of rotatable bonds is 4. The van der Waals surface area contributed by atoms with E-state index in [4.69, 9.17) is 5.11 Å².